The van der Waals surface area contributed by atoms with Crippen molar-refractivity contribution in [1.82, 2.24) is 9.80 Å². The normalized spacial score (nSPS) is 14.5. The van der Waals surface area contributed by atoms with E-state index in [2.05, 4.69) is 37.5 Å². The molecule has 0 amide bonds. The highest BCUT2D eigenvalue weighted by Gasteiger charge is 2.33. The number of methoxy groups -OCH3 is 2. The molecule has 0 saturated heterocycles. The zero-order valence-corrected chi connectivity index (χ0v) is 42.1. The van der Waals surface area contributed by atoms with Crippen LogP contribution >= 0.6 is 0 Å². The van der Waals surface area contributed by atoms with Gasteiger partial charge in [-0.25, -0.2) is 9.59 Å². The topological polar surface area (TPSA) is 189 Å². The highest BCUT2D eigenvalue weighted by atomic mass is 16.6. The average molecular weight is 953 g/mol. The van der Waals surface area contributed by atoms with Gasteiger partial charge in [-0.1, -0.05) is 51.0 Å². The first-order chi connectivity index (χ1) is 32.6. The molecule has 2 aliphatic heterocycles. The van der Waals surface area contributed by atoms with Crippen molar-refractivity contribution < 1.29 is 67.3 Å². The van der Waals surface area contributed by atoms with Crippen LogP contribution in [-0.4, -0.2) is 136 Å². The molecule has 2 aliphatic rings. The number of nitrogens with zero attached hydrogens (tertiary/aromatic N) is 2. The van der Waals surface area contributed by atoms with Crippen molar-refractivity contribution in [1.29, 1.82) is 0 Å². The summed E-state index contributed by atoms with van der Waals surface area (Å²) in [5, 5.41) is 21.9. The number of ether oxygens (including phenoxy) is 8. The van der Waals surface area contributed by atoms with E-state index in [0.717, 1.165) is 61.3 Å². The summed E-state index contributed by atoms with van der Waals surface area (Å²) in [5.41, 5.74) is 6.03. The van der Waals surface area contributed by atoms with E-state index >= 15 is 0 Å². The number of carbonyl (C=O) groups excluding carboxylic acids is 4. The molecule has 2 atom stereocenters. The van der Waals surface area contributed by atoms with Crippen LogP contribution in [0.1, 0.15) is 134 Å². The molecule has 4 rings (SSSR count). The summed E-state index contributed by atoms with van der Waals surface area (Å²) in [6.07, 6.45) is 6.31. The predicted octanol–water partition coefficient (Wildman–Crippen LogP) is 7.63. The molecule has 0 fully saturated rings. The maximum absolute atomic E-state index is 13.1. The lowest BCUT2D eigenvalue weighted by Gasteiger charge is -2.25. The third-order valence-electron chi connectivity index (χ3n) is 12.8. The Bertz CT molecular complexity index is 1960. The second-order valence-corrected chi connectivity index (χ2v) is 17.4. The number of unbranched alkanes of at least 4 members (excludes halogenated alkanes) is 1. The number of cyclic esters (lactones) is 2. The van der Waals surface area contributed by atoms with Crippen molar-refractivity contribution in [3.8, 4) is 23.0 Å². The molecule has 0 radical (unpaired) electrons. The van der Waals surface area contributed by atoms with E-state index in [1.54, 1.807) is 0 Å². The number of allylic oxidation sites excluding steroid dienone is 4. The first kappa shape index (κ1) is 55.4. The number of fused-ring (bicyclic) bond motifs is 2. The number of likely N-dealkylation sites (N-methyl/N-ethyl adjacent to an activating group) is 2. The predicted molar refractivity (Wildman–Crippen MR) is 257 cm³/mol. The van der Waals surface area contributed by atoms with Crippen LogP contribution in [0.3, 0.4) is 0 Å². The molecule has 378 valence electrons. The second-order valence-electron chi connectivity index (χ2n) is 17.4. The van der Waals surface area contributed by atoms with E-state index < -0.39 is 24.1 Å². The van der Waals surface area contributed by atoms with Gasteiger partial charge in [0, 0.05) is 61.4 Å². The van der Waals surface area contributed by atoms with Gasteiger partial charge in [0.2, 0.25) is 0 Å². The summed E-state index contributed by atoms with van der Waals surface area (Å²) in [6, 6.07) is 0. The highest BCUT2D eigenvalue weighted by Crippen LogP contribution is 2.43. The van der Waals surface area contributed by atoms with Crippen LogP contribution in [0, 0.1) is 13.8 Å². The lowest BCUT2D eigenvalue weighted by molar-refractivity contribution is -0.154. The third-order valence-corrected chi connectivity index (χ3v) is 12.8. The quantitative estimate of drug-likeness (QED) is 0.0325. The fourth-order valence-corrected chi connectivity index (χ4v) is 8.53. The van der Waals surface area contributed by atoms with Crippen LogP contribution in [-0.2, 0) is 64.1 Å². The molecule has 2 heterocycles. The molecule has 2 aromatic carbocycles. The molecule has 2 aromatic rings. The molecule has 2 unspecified atom stereocenters. The molecule has 0 bridgehead atoms. The third kappa shape index (κ3) is 15.2. The van der Waals surface area contributed by atoms with Gasteiger partial charge < -0.3 is 57.9 Å². The number of rotatable bonds is 31. The summed E-state index contributed by atoms with van der Waals surface area (Å²) in [7, 11) is 3.06. The number of phenolic OH excluding ortho intramolecular Hbond substituents is 2. The van der Waals surface area contributed by atoms with E-state index in [1.807, 2.05) is 39.8 Å². The van der Waals surface area contributed by atoms with Crippen LogP contribution < -0.4 is 9.47 Å². The maximum Gasteiger partial charge on any atom is 0.342 e. The number of hydrogen-bond donors (Lipinski definition) is 2. The molecule has 68 heavy (non-hydrogen) atoms. The Hall–Kier alpha value is -5.16. The minimum absolute atomic E-state index is 0.104. The van der Waals surface area contributed by atoms with Crippen molar-refractivity contribution in [2.75, 3.05) is 79.9 Å². The van der Waals surface area contributed by atoms with Crippen molar-refractivity contribution in [3.05, 3.63) is 67.8 Å². The lowest BCUT2D eigenvalue weighted by Crippen LogP contribution is -2.38. The number of phenols is 2. The molecule has 2 N–H and O–H groups in total. The standard InChI is InChI=1S/C52H76N2O14/c1-11-53(12-2)27-37(67-43(55)23-19-33(5)17-21-39-47(57)45-41(31-65-51(45)59)35(7)49(39)61-9)29-63-25-15-16-26-64-30-38(28-54(13-3)14-4)68-44(56)24-20-34(6)18-22-40-48(58)46-42(32-66-52(46)60)36(8)50(40)62-10/h17-18,37-38,57-58H,11-16,19-32H2,1-10H3. The van der Waals surface area contributed by atoms with Crippen LogP contribution in [0.25, 0.3) is 0 Å². The fourth-order valence-electron chi connectivity index (χ4n) is 8.53. The van der Waals surface area contributed by atoms with Gasteiger partial charge in [-0.15, -0.1) is 0 Å². The van der Waals surface area contributed by atoms with E-state index in [0.29, 0.717) is 85.7 Å². The smallest absolute Gasteiger partial charge is 0.342 e. The van der Waals surface area contributed by atoms with E-state index in [1.165, 1.54) is 14.2 Å². The van der Waals surface area contributed by atoms with Gasteiger partial charge >= 0.3 is 23.9 Å². The number of hydrogen-bond acceptors (Lipinski definition) is 16. The molecule has 0 aromatic heterocycles. The second kappa shape index (κ2) is 27.7. The van der Waals surface area contributed by atoms with Gasteiger partial charge in [0.15, 0.2) is 0 Å². The summed E-state index contributed by atoms with van der Waals surface area (Å²) >= 11 is 0. The number of aromatic hydroxyl groups is 2. The molecular weight excluding hydrogens is 877 g/mol. The molecule has 16 heteroatoms. The first-order valence-corrected chi connectivity index (χ1v) is 24.1. The maximum atomic E-state index is 13.1. The number of esters is 4. The van der Waals surface area contributed by atoms with Gasteiger partial charge in [0.1, 0.15) is 59.5 Å². The van der Waals surface area contributed by atoms with Gasteiger partial charge in [-0.05, 0) is 104 Å². The van der Waals surface area contributed by atoms with Crippen molar-refractivity contribution in [2.24, 2.45) is 0 Å². The average Bonchev–Trinajstić information content (AvgIpc) is 3.92. The van der Waals surface area contributed by atoms with Crippen molar-refractivity contribution in [2.45, 2.75) is 132 Å². The summed E-state index contributed by atoms with van der Waals surface area (Å²) < 4.78 is 45.4. The Morgan fingerprint density at radius 3 is 1.34 bits per heavy atom. The lowest BCUT2D eigenvalue weighted by atomic mass is 9.94. The Kier molecular flexibility index (Phi) is 22.6. The zero-order chi connectivity index (χ0) is 49.9. The van der Waals surface area contributed by atoms with E-state index in [4.69, 9.17) is 37.9 Å². The van der Waals surface area contributed by atoms with Crippen LogP contribution in [0.15, 0.2) is 23.3 Å². The minimum Gasteiger partial charge on any atom is -0.507 e. The Labute approximate surface area is 402 Å². The van der Waals surface area contributed by atoms with Gasteiger partial charge in [0.05, 0.1) is 27.4 Å². The van der Waals surface area contributed by atoms with Crippen molar-refractivity contribution >= 4 is 23.9 Å². The Morgan fingerprint density at radius 1 is 0.632 bits per heavy atom. The van der Waals surface area contributed by atoms with Gasteiger partial charge in [0.25, 0.3) is 0 Å². The molecular formula is C52H76N2O14. The summed E-state index contributed by atoms with van der Waals surface area (Å²) in [5.74, 6) is -0.976. The number of carbonyl (C=O) groups is 4. The zero-order valence-electron chi connectivity index (χ0n) is 42.1. The Balaban J connectivity index is 1.20. The number of benzene rings is 2. The van der Waals surface area contributed by atoms with Crippen LogP contribution in [0.5, 0.6) is 23.0 Å². The largest absolute Gasteiger partial charge is 0.507 e. The SMILES string of the molecule is CCN(CC)CC(COCCCCOCC(CN(CC)CC)OC(=O)CCC(C)=CCc1c(O)c2c(c(C)c1OC)COC2=O)OC(=O)CCC(C)=CCc1c(O)c2c(c(C)c1OC)COC2=O. The molecule has 16 nitrogen and oxygen atoms in total. The molecule has 0 spiro atoms. The molecule has 0 saturated carbocycles. The van der Waals surface area contributed by atoms with Gasteiger partial charge in [-0.2, -0.15) is 0 Å². The summed E-state index contributed by atoms with van der Waals surface area (Å²) in [6.45, 7) is 21.7. The summed E-state index contributed by atoms with van der Waals surface area (Å²) in [4.78, 5) is 55.2. The van der Waals surface area contributed by atoms with Crippen LogP contribution in [0.4, 0.5) is 0 Å². The minimum atomic E-state index is -0.548. The van der Waals surface area contributed by atoms with E-state index in [-0.39, 0.29) is 73.8 Å². The van der Waals surface area contributed by atoms with E-state index in [9.17, 15) is 29.4 Å². The Morgan fingerprint density at radius 2 is 1.00 bits per heavy atom. The fraction of sp³-hybridized carbons (Fsp3) is 0.615. The van der Waals surface area contributed by atoms with Gasteiger partial charge in [-0.3, -0.25) is 9.59 Å². The highest BCUT2D eigenvalue weighted by molar-refractivity contribution is 5.98. The van der Waals surface area contributed by atoms with Crippen LogP contribution in [0.2, 0.25) is 0 Å². The molecule has 0 aliphatic carbocycles. The first-order valence-electron chi connectivity index (χ1n) is 24.1. The monoisotopic (exact) mass is 953 g/mol. The van der Waals surface area contributed by atoms with Crippen molar-refractivity contribution in [3.63, 3.8) is 0 Å².